The molecular formula is C23H19F5N2O5S. The molecule has 1 heterocycles. The first kappa shape index (κ1) is 26.9. The summed E-state index contributed by atoms with van der Waals surface area (Å²) in [5.74, 6) is -15.0. The quantitative estimate of drug-likeness (QED) is 0.116. The predicted octanol–water partition coefficient (Wildman–Crippen LogP) is 5.07. The number of hydrogen-bond acceptors (Lipinski definition) is 6. The lowest BCUT2D eigenvalue weighted by molar-refractivity contribution is 0.0526. The maximum Gasteiger partial charge on any atom is 0.407 e. The van der Waals surface area contributed by atoms with Crippen LogP contribution in [0.3, 0.4) is 0 Å². The highest BCUT2D eigenvalue weighted by Crippen LogP contribution is 2.32. The molecule has 2 amide bonds. The summed E-state index contributed by atoms with van der Waals surface area (Å²) in [6, 6.07) is 5.63. The Bertz CT molecular complexity index is 1320. The van der Waals surface area contributed by atoms with Crippen molar-refractivity contribution < 1.29 is 45.8 Å². The second kappa shape index (κ2) is 10.5. The number of thiophene rings is 1. The van der Waals surface area contributed by atoms with Crippen LogP contribution < -0.4 is 15.4 Å². The first-order valence-electron chi connectivity index (χ1n) is 10.3. The molecule has 0 atom stereocenters. The fourth-order valence-corrected chi connectivity index (χ4v) is 3.78. The third-order valence-corrected chi connectivity index (χ3v) is 5.52. The van der Waals surface area contributed by atoms with Crippen molar-refractivity contribution in [2.75, 3.05) is 13.1 Å². The predicted molar refractivity (Wildman–Crippen MR) is 120 cm³/mol. The van der Waals surface area contributed by atoms with Crippen LogP contribution in [0.25, 0.3) is 10.1 Å². The molecule has 0 radical (unpaired) electrons. The fraction of sp³-hybridized carbons (Fsp3) is 0.261. The highest BCUT2D eigenvalue weighted by molar-refractivity contribution is 7.20. The van der Waals surface area contributed by atoms with Gasteiger partial charge in [0.25, 0.3) is 5.91 Å². The number of carbonyl (C=O) groups is 3. The number of esters is 1. The Kier molecular flexibility index (Phi) is 7.82. The molecule has 7 nitrogen and oxygen atoms in total. The van der Waals surface area contributed by atoms with Gasteiger partial charge in [0.1, 0.15) is 10.5 Å². The van der Waals surface area contributed by atoms with Crippen LogP contribution in [-0.2, 0) is 4.74 Å². The van der Waals surface area contributed by atoms with Gasteiger partial charge in [0.05, 0.1) is 0 Å². The lowest BCUT2D eigenvalue weighted by atomic mass is 10.1. The van der Waals surface area contributed by atoms with Gasteiger partial charge >= 0.3 is 12.1 Å². The van der Waals surface area contributed by atoms with E-state index in [-0.39, 0.29) is 23.5 Å². The number of benzene rings is 2. The van der Waals surface area contributed by atoms with Crippen molar-refractivity contribution in [3.05, 3.63) is 63.8 Å². The first-order valence-corrected chi connectivity index (χ1v) is 11.1. The van der Waals surface area contributed by atoms with E-state index in [2.05, 4.69) is 15.4 Å². The van der Waals surface area contributed by atoms with Crippen LogP contribution in [0.1, 0.15) is 40.8 Å². The van der Waals surface area contributed by atoms with Gasteiger partial charge in [-0.3, -0.25) is 4.79 Å². The number of hydrogen-bond donors (Lipinski definition) is 2. The van der Waals surface area contributed by atoms with Crippen LogP contribution in [0.15, 0.2) is 24.3 Å². The molecule has 2 aromatic carbocycles. The summed E-state index contributed by atoms with van der Waals surface area (Å²) in [6.07, 6.45) is -0.637. The van der Waals surface area contributed by atoms with Crippen LogP contribution in [-0.4, -0.2) is 36.7 Å². The Balaban J connectivity index is 1.67. The SMILES string of the molecule is CC(C)(C)OC(=O)NCCNC(=O)c1ccc2sc(C(=O)Oc3c(F)c(F)c(F)c(F)c3F)cc2c1. The first-order chi connectivity index (χ1) is 16.8. The van der Waals surface area contributed by atoms with E-state index in [0.717, 1.165) is 11.3 Å². The summed E-state index contributed by atoms with van der Waals surface area (Å²) in [7, 11) is 0. The summed E-state index contributed by atoms with van der Waals surface area (Å²) in [4.78, 5) is 36.1. The molecule has 3 rings (SSSR count). The number of rotatable bonds is 6. The molecule has 0 fully saturated rings. The van der Waals surface area contributed by atoms with E-state index in [1.54, 1.807) is 20.8 Å². The minimum atomic E-state index is -2.38. The average Bonchev–Trinajstić information content (AvgIpc) is 3.24. The lowest BCUT2D eigenvalue weighted by Crippen LogP contribution is -2.37. The van der Waals surface area contributed by atoms with Crippen LogP contribution >= 0.6 is 11.3 Å². The van der Waals surface area contributed by atoms with Crippen molar-refractivity contribution in [3.8, 4) is 5.75 Å². The van der Waals surface area contributed by atoms with Crippen molar-refractivity contribution in [2.45, 2.75) is 26.4 Å². The lowest BCUT2D eigenvalue weighted by Gasteiger charge is -2.19. The molecule has 0 unspecified atom stereocenters. The minimum absolute atomic E-state index is 0.0965. The van der Waals surface area contributed by atoms with Crippen molar-refractivity contribution in [2.24, 2.45) is 0 Å². The van der Waals surface area contributed by atoms with Gasteiger partial charge < -0.3 is 20.1 Å². The topological polar surface area (TPSA) is 93.7 Å². The Labute approximate surface area is 205 Å². The van der Waals surface area contributed by atoms with Crippen LogP contribution in [0, 0.1) is 29.1 Å². The molecule has 0 aliphatic heterocycles. The second-order valence-electron chi connectivity index (χ2n) is 8.34. The van der Waals surface area contributed by atoms with Crippen molar-refractivity contribution >= 4 is 39.4 Å². The standard InChI is InChI=1S/C23H19F5N2O5S/c1-23(2,3)35-22(33)30-7-6-29-20(31)10-4-5-12-11(8-10)9-13(36-12)21(32)34-19-17(27)15(25)14(24)16(26)18(19)28/h4-5,8-9H,6-7H2,1-3H3,(H,29,31)(H,30,33). The molecule has 36 heavy (non-hydrogen) atoms. The van der Waals surface area contributed by atoms with E-state index >= 15 is 0 Å². The van der Waals surface area contributed by atoms with E-state index < -0.39 is 58.4 Å². The number of fused-ring (bicyclic) bond motifs is 1. The van der Waals surface area contributed by atoms with Crippen molar-refractivity contribution in [3.63, 3.8) is 0 Å². The molecule has 0 aliphatic carbocycles. The number of alkyl carbamates (subject to hydrolysis) is 1. The van der Waals surface area contributed by atoms with E-state index in [0.29, 0.717) is 10.1 Å². The summed E-state index contributed by atoms with van der Waals surface area (Å²) in [5.41, 5.74) is -0.459. The largest absolute Gasteiger partial charge is 0.444 e. The summed E-state index contributed by atoms with van der Waals surface area (Å²) >= 11 is 0.823. The van der Waals surface area contributed by atoms with Gasteiger partial charge in [-0.05, 0) is 50.4 Å². The fourth-order valence-electron chi connectivity index (χ4n) is 2.86. The number of nitrogens with one attached hydrogen (secondary N) is 2. The maximum absolute atomic E-state index is 13.8. The Morgan fingerprint density at radius 2 is 1.44 bits per heavy atom. The number of amides is 2. The molecule has 0 aliphatic rings. The van der Waals surface area contributed by atoms with Crippen LogP contribution in [0.2, 0.25) is 0 Å². The molecule has 1 aromatic heterocycles. The highest BCUT2D eigenvalue weighted by atomic mass is 32.1. The molecule has 192 valence electrons. The van der Waals surface area contributed by atoms with Gasteiger partial charge in [-0.25, -0.2) is 22.8 Å². The Morgan fingerprint density at radius 3 is 2.06 bits per heavy atom. The highest BCUT2D eigenvalue weighted by Gasteiger charge is 2.29. The minimum Gasteiger partial charge on any atom is -0.444 e. The maximum atomic E-state index is 13.8. The second-order valence-corrected chi connectivity index (χ2v) is 9.42. The third-order valence-electron chi connectivity index (χ3n) is 4.42. The van der Waals surface area contributed by atoms with Gasteiger partial charge in [0.15, 0.2) is 0 Å². The van der Waals surface area contributed by atoms with E-state index in [1.807, 2.05) is 0 Å². The van der Waals surface area contributed by atoms with E-state index in [1.165, 1.54) is 24.3 Å². The molecule has 0 spiro atoms. The van der Waals surface area contributed by atoms with Gasteiger partial charge in [0, 0.05) is 23.4 Å². The normalized spacial score (nSPS) is 11.3. The molecule has 0 saturated carbocycles. The molecule has 3 aromatic rings. The zero-order valence-corrected chi connectivity index (χ0v) is 19.9. The number of carbonyl (C=O) groups excluding carboxylic acids is 3. The Hall–Kier alpha value is -3.74. The summed E-state index contributed by atoms with van der Waals surface area (Å²) in [5, 5.41) is 5.46. The van der Waals surface area contributed by atoms with Gasteiger partial charge in [-0.15, -0.1) is 11.3 Å². The third kappa shape index (κ3) is 6.08. The van der Waals surface area contributed by atoms with Crippen molar-refractivity contribution in [1.29, 1.82) is 0 Å². The van der Waals surface area contributed by atoms with Crippen LogP contribution in [0.5, 0.6) is 5.75 Å². The van der Waals surface area contributed by atoms with E-state index in [9.17, 15) is 36.3 Å². The zero-order valence-electron chi connectivity index (χ0n) is 19.1. The molecule has 2 N–H and O–H groups in total. The molecule has 0 saturated heterocycles. The molecular weight excluding hydrogens is 511 g/mol. The van der Waals surface area contributed by atoms with Gasteiger partial charge in [0.2, 0.25) is 34.8 Å². The number of halogens is 5. The van der Waals surface area contributed by atoms with Crippen molar-refractivity contribution in [1.82, 2.24) is 10.6 Å². The van der Waals surface area contributed by atoms with E-state index in [4.69, 9.17) is 4.74 Å². The smallest absolute Gasteiger partial charge is 0.407 e. The average molecular weight is 530 g/mol. The summed E-state index contributed by atoms with van der Waals surface area (Å²) in [6.45, 7) is 5.32. The van der Waals surface area contributed by atoms with Gasteiger partial charge in [-0.1, -0.05) is 0 Å². The number of ether oxygens (including phenoxy) is 2. The van der Waals surface area contributed by atoms with Crippen LogP contribution in [0.4, 0.5) is 26.7 Å². The monoisotopic (exact) mass is 530 g/mol. The molecule has 13 heteroatoms. The summed E-state index contributed by atoms with van der Waals surface area (Å²) < 4.78 is 77.5. The Morgan fingerprint density at radius 1 is 0.861 bits per heavy atom. The zero-order chi connectivity index (χ0) is 26.8. The van der Waals surface area contributed by atoms with Gasteiger partial charge in [-0.2, -0.15) is 8.78 Å². The molecule has 0 bridgehead atoms.